The highest BCUT2D eigenvalue weighted by atomic mass is 19.3. The molecule has 0 aliphatic heterocycles. The van der Waals surface area contributed by atoms with Crippen LogP contribution in [0.2, 0.25) is 0 Å². The molecule has 0 bridgehead atoms. The van der Waals surface area contributed by atoms with Crippen molar-refractivity contribution < 1.29 is 37.2 Å². The molecule has 0 spiro atoms. The van der Waals surface area contributed by atoms with Gasteiger partial charge in [0.05, 0.1) is 5.69 Å². The van der Waals surface area contributed by atoms with Gasteiger partial charge in [-0.05, 0) is 31.2 Å². The van der Waals surface area contributed by atoms with E-state index in [0.717, 1.165) is 12.1 Å². The van der Waals surface area contributed by atoms with Crippen LogP contribution in [-0.2, 0) is 9.53 Å². The minimum absolute atomic E-state index is 0.0401. The predicted molar refractivity (Wildman–Crippen MR) is 91.2 cm³/mol. The van der Waals surface area contributed by atoms with Crippen molar-refractivity contribution >= 4 is 17.8 Å². The molecule has 2 rings (SSSR count). The Morgan fingerprint density at radius 3 is 2.39 bits per heavy atom. The average molecular weight is 396 g/mol. The number of esters is 1. The Labute approximate surface area is 158 Å². The first kappa shape index (κ1) is 21.0. The van der Waals surface area contributed by atoms with Crippen LogP contribution in [0.5, 0.6) is 5.75 Å². The maximum Gasteiger partial charge on any atom is 0.387 e. The number of alkyl halides is 2. The minimum atomic E-state index is -2.98. The van der Waals surface area contributed by atoms with E-state index in [1.54, 1.807) is 20.8 Å². The second-order valence-corrected chi connectivity index (χ2v) is 6.02. The van der Waals surface area contributed by atoms with Gasteiger partial charge in [-0.15, -0.1) is 0 Å². The van der Waals surface area contributed by atoms with Gasteiger partial charge in [0, 0.05) is 11.5 Å². The summed E-state index contributed by atoms with van der Waals surface area (Å²) in [5, 5.41) is 5.74. The third-order valence-corrected chi connectivity index (χ3v) is 3.55. The zero-order chi connectivity index (χ0) is 20.8. The van der Waals surface area contributed by atoms with E-state index in [0.29, 0.717) is 11.5 Å². The molecule has 1 N–H and O–H groups in total. The summed E-state index contributed by atoms with van der Waals surface area (Å²) in [7, 11) is 0. The van der Waals surface area contributed by atoms with Crippen LogP contribution in [0.4, 0.5) is 8.78 Å². The van der Waals surface area contributed by atoms with Gasteiger partial charge in [0.25, 0.3) is 11.8 Å². The number of amides is 2. The van der Waals surface area contributed by atoms with Crippen molar-refractivity contribution in [2.24, 2.45) is 0 Å². The molecule has 0 unspecified atom stereocenters. The maximum atomic E-state index is 12.2. The molecule has 1 heterocycles. The summed E-state index contributed by atoms with van der Waals surface area (Å²) in [6.45, 7) is 1.50. The van der Waals surface area contributed by atoms with Crippen LogP contribution in [0.15, 0.2) is 28.8 Å². The summed E-state index contributed by atoms with van der Waals surface area (Å²) >= 11 is 0. The Morgan fingerprint density at radius 2 is 1.82 bits per heavy atom. The molecule has 2 amide bonds. The Hall–Kier alpha value is -3.30. The van der Waals surface area contributed by atoms with Gasteiger partial charge >= 0.3 is 12.6 Å². The summed E-state index contributed by atoms with van der Waals surface area (Å²) < 4.78 is 38.4. The molecule has 0 radical (unpaired) electrons. The van der Waals surface area contributed by atoms with Crippen molar-refractivity contribution in [1.82, 2.24) is 10.5 Å². The number of nitrogens with one attached hydrogen (secondary N) is 1. The van der Waals surface area contributed by atoms with E-state index in [1.807, 2.05) is 5.32 Å². The van der Waals surface area contributed by atoms with Crippen LogP contribution < -0.4 is 10.1 Å². The molecule has 0 atom stereocenters. The lowest BCUT2D eigenvalue weighted by Gasteiger charge is -2.08. The number of halogens is 2. The fourth-order valence-electron chi connectivity index (χ4n) is 2.26. The number of aromatic nitrogens is 1. The third-order valence-electron chi connectivity index (χ3n) is 3.55. The van der Waals surface area contributed by atoms with Gasteiger partial charge in [0.15, 0.2) is 12.4 Å². The Morgan fingerprint density at radius 1 is 1.18 bits per heavy atom. The van der Waals surface area contributed by atoms with Gasteiger partial charge in [0.1, 0.15) is 11.3 Å². The minimum Gasteiger partial charge on any atom is -0.452 e. The quantitative estimate of drug-likeness (QED) is 0.717. The van der Waals surface area contributed by atoms with E-state index in [2.05, 4.69) is 9.89 Å². The van der Waals surface area contributed by atoms with Crippen molar-refractivity contribution in [3.8, 4) is 5.75 Å². The summed E-state index contributed by atoms with van der Waals surface area (Å²) in [5.74, 6) is -2.34. The summed E-state index contributed by atoms with van der Waals surface area (Å²) in [4.78, 5) is 36.0. The SMILES string of the molecule is Cc1noc(C(C)C)c1C(=O)OCC(=O)NC(=O)c1ccc(OC(F)F)cc1. The first-order valence-corrected chi connectivity index (χ1v) is 8.21. The van der Waals surface area contributed by atoms with Crippen molar-refractivity contribution in [3.63, 3.8) is 0 Å². The molecule has 0 aliphatic carbocycles. The molecular weight excluding hydrogens is 378 g/mol. The van der Waals surface area contributed by atoms with Crippen molar-refractivity contribution in [1.29, 1.82) is 0 Å². The zero-order valence-corrected chi connectivity index (χ0v) is 15.3. The lowest BCUT2D eigenvalue weighted by molar-refractivity contribution is -0.123. The van der Waals surface area contributed by atoms with Crippen LogP contribution in [0.1, 0.15) is 51.9 Å². The molecule has 2 aromatic rings. The molecule has 0 aliphatic rings. The summed E-state index contributed by atoms with van der Waals surface area (Å²) in [6.07, 6.45) is 0. The number of hydrogen-bond acceptors (Lipinski definition) is 7. The van der Waals surface area contributed by atoms with Crippen LogP contribution >= 0.6 is 0 Å². The fourth-order valence-corrected chi connectivity index (χ4v) is 2.26. The Kier molecular flexibility index (Phi) is 6.80. The predicted octanol–water partition coefficient (Wildman–Crippen LogP) is 2.82. The number of aryl methyl sites for hydroxylation is 1. The number of nitrogens with zero attached hydrogens (tertiary/aromatic N) is 1. The highest BCUT2D eigenvalue weighted by Crippen LogP contribution is 2.22. The lowest BCUT2D eigenvalue weighted by Crippen LogP contribution is -2.34. The Balaban J connectivity index is 1.91. The van der Waals surface area contributed by atoms with Crippen LogP contribution in [-0.4, -0.2) is 36.2 Å². The first-order valence-electron chi connectivity index (χ1n) is 8.21. The molecule has 10 heteroatoms. The van der Waals surface area contributed by atoms with Gasteiger partial charge in [-0.3, -0.25) is 14.9 Å². The summed E-state index contributed by atoms with van der Waals surface area (Å²) in [6, 6.07) is 4.74. The molecule has 1 aromatic heterocycles. The second kappa shape index (κ2) is 9.07. The second-order valence-electron chi connectivity index (χ2n) is 6.02. The zero-order valence-electron chi connectivity index (χ0n) is 15.3. The number of ether oxygens (including phenoxy) is 2. The van der Waals surface area contributed by atoms with Crippen molar-refractivity contribution in [2.75, 3.05) is 6.61 Å². The van der Waals surface area contributed by atoms with Gasteiger partial charge in [0.2, 0.25) is 0 Å². The molecule has 0 saturated carbocycles. The van der Waals surface area contributed by atoms with E-state index in [9.17, 15) is 23.2 Å². The number of carbonyl (C=O) groups is 3. The maximum absolute atomic E-state index is 12.2. The smallest absolute Gasteiger partial charge is 0.387 e. The van der Waals surface area contributed by atoms with Gasteiger partial charge in [-0.25, -0.2) is 4.79 Å². The largest absolute Gasteiger partial charge is 0.452 e. The average Bonchev–Trinajstić information content (AvgIpc) is 3.01. The van der Waals surface area contributed by atoms with Crippen molar-refractivity contribution in [2.45, 2.75) is 33.3 Å². The first-order chi connectivity index (χ1) is 13.2. The standard InChI is InChI=1S/C18H18F2N2O6/c1-9(2)15-14(10(3)22-28-15)17(25)26-8-13(23)21-16(24)11-4-6-12(7-5-11)27-18(19)20/h4-7,9,18H,8H2,1-3H3,(H,21,23,24). The number of imide groups is 1. The van der Waals surface area contributed by atoms with Gasteiger partial charge in [-0.2, -0.15) is 8.78 Å². The molecule has 150 valence electrons. The topological polar surface area (TPSA) is 108 Å². The fraction of sp³-hybridized carbons (Fsp3) is 0.333. The highest BCUT2D eigenvalue weighted by Gasteiger charge is 2.24. The molecule has 0 saturated heterocycles. The van der Waals surface area contributed by atoms with Crippen LogP contribution in [0.3, 0.4) is 0 Å². The van der Waals surface area contributed by atoms with E-state index < -0.39 is 31.0 Å². The normalized spacial score (nSPS) is 10.8. The molecule has 8 nitrogen and oxygen atoms in total. The monoisotopic (exact) mass is 396 g/mol. The third kappa shape index (κ3) is 5.35. The van der Waals surface area contributed by atoms with Crippen molar-refractivity contribution in [3.05, 3.63) is 46.8 Å². The Bertz CT molecular complexity index is 861. The highest BCUT2D eigenvalue weighted by molar-refractivity contribution is 6.05. The lowest BCUT2D eigenvalue weighted by atomic mass is 10.1. The van der Waals surface area contributed by atoms with E-state index in [-0.39, 0.29) is 22.8 Å². The molecular formula is C18H18F2N2O6. The summed E-state index contributed by atoms with van der Waals surface area (Å²) in [5.41, 5.74) is 0.512. The number of carbonyl (C=O) groups excluding carboxylic acids is 3. The van der Waals surface area contributed by atoms with Gasteiger partial charge < -0.3 is 14.0 Å². The number of benzene rings is 1. The van der Waals surface area contributed by atoms with E-state index >= 15 is 0 Å². The van der Waals surface area contributed by atoms with Crippen LogP contribution in [0, 0.1) is 6.92 Å². The number of rotatable bonds is 7. The molecule has 1 aromatic carbocycles. The molecule has 0 fully saturated rings. The van der Waals surface area contributed by atoms with E-state index in [4.69, 9.17) is 9.26 Å². The molecule has 28 heavy (non-hydrogen) atoms. The van der Waals surface area contributed by atoms with E-state index in [1.165, 1.54) is 12.1 Å². The number of hydrogen-bond donors (Lipinski definition) is 1. The van der Waals surface area contributed by atoms with Crippen LogP contribution in [0.25, 0.3) is 0 Å². The van der Waals surface area contributed by atoms with Gasteiger partial charge in [-0.1, -0.05) is 19.0 Å².